The Morgan fingerprint density at radius 2 is 2.00 bits per heavy atom. The number of aromatic nitrogens is 4. The molecule has 3 N–H and O–H groups in total. The number of nitrogens with zero attached hydrogens (tertiary/aromatic N) is 4. The van der Waals surface area contributed by atoms with Gasteiger partial charge in [0.05, 0.1) is 18.0 Å². The van der Waals surface area contributed by atoms with E-state index in [-0.39, 0.29) is 12.0 Å². The summed E-state index contributed by atoms with van der Waals surface area (Å²) in [6.07, 6.45) is 4.93. The molecule has 7 nitrogen and oxygen atoms in total. The van der Waals surface area contributed by atoms with E-state index < -0.39 is 0 Å². The average Bonchev–Trinajstić information content (AvgIpc) is 2.86. The third-order valence-electron chi connectivity index (χ3n) is 2.88. The molecule has 0 aliphatic rings. The van der Waals surface area contributed by atoms with Gasteiger partial charge in [-0.15, -0.1) is 0 Å². The molecule has 0 aliphatic heterocycles. The van der Waals surface area contributed by atoms with E-state index in [0.29, 0.717) is 17.4 Å². The van der Waals surface area contributed by atoms with E-state index in [4.69, 9.17) is 10.6 Å². The first-order chi connectivity index (χ1) is 9.52. The standard InChI is InChI=1S/C13H20N6O/c1-8(2)11-12(18-14)15-7-16-13(11)20-10-5-17-19(6-10)9(3)4/h5-9H,14H2,1-4H3,(H,15,16,18). The molecular weight excluding hydrogens is 256 g/mol. The number of hydrazine groups is 1. The molecule has 0 aliphatic carbocycles. The summed E-state index contributed by atoms with van der Waals surface area (Å²) in [5, 5.41) is 4.24. The van der Waals surface area contributed by atoms with Crippen molar-refractivity contribution < 1.29 is 4.74 Å². The highest BCUT2D eigenvalue weighted by molar-refractivity contribution is 5.50. The van der Waals surface area contributed by atoms with Gasteiger partial charge in [0.2, 0.25) is 5.88 Å². The van der Waals surface area contributed by atoms with Gasteiger partial charge >= 0.3 is 0 Å². The van der Waals surface area contributed by atoms with Crippen molar-refractivity contribution in [3.05, 3.63) is 24.3 Å². The zero-order valence-corrected chi connectivity index (χ0v) is 12.2. The van der Waals surface area contributed by atoms with E-state index in [2.05, 4.69) is 34.3 Å². The first kappa shape index (κ1) is 14.3. The van der Waals surface area contributed by atoms with E-state index in [9.17, 15) is 0 Å². The van der Waals surface area contributed by atoms with Crippen molar-refractivity contribution in [3.8, 4) is 11.6 Å². The number of nitrogens with one attached hydrogen (secondary N) is 1. The van der Waals surface area contributed by atoms with E-state index in [1.54, 1.807) is 6.20 Å². The molecule has 0 saturated heterocycles. The van der Waals surface area contributed by atoms with Crippen LogP contribution in [0.2, 0.25) is 0 Å². The predicted molar refractivity (Wildman–Crippen MR) is 76.6 cm³/mol. The molecule has 2 rings (SSSR count). The third-order valence-corrected chi connectivity index (χ3v) is 2.88. The SMILES string of the molecule is CC(C)c1c(NN)ncnc1Oc1cnn(C(C)C)c1. The zero-order chi connectivity index (χ0) is 14.7. The number of anilines is 1. The summed E-state index contributed by atoms with van der Waals surface area (Å²) in [6, 6.07) is 0.281. The van der Waals surface area contributed by atoms with Gasteiger partial charge in [-0.1, -0.05) is 13.8 Å². The Bertz CT molecular complexity index is 578. The summed E-state index contributed by atoms with van der Waals surface area (Å²) in [6.45, 7) is 8.17. The van der Waals surface area contributed by atoms with Gasteiger partial charge in [-0.3, -0.25) is 4.68 Å². The molecule has 7 heteroatoms. The minimum Gasteiger partial charge on any atom is -0.435 e. The number of ether oxygens (including phenoxy) is 1. The quantitative estimate of drug-likeness (QED) is 0.644. The van der Waals surface area contributed by atoms with Gasteiger partial charge in [0.25, 0.3) is 0 Å². The lowest BCUT2D eigenvalue weighted by molar-refractivity contribution is 0.448. The van der Waals surface area contributed by atoms with Crippen LogP contribution >= 0.6 is 0 Å². The molecular formula is C13H20N6O. The molecule has 0 fully saturated rings. The van der Waals surface area contributed by atoms with Crippen LogP contribution in [-0.2, 0) is 0 Å². The second-order valence-corrected chi connectivity index (χ2v) is 5.09. The Hall–Kier alpha value is -2.15. The number of hydrogen-bond donors (Lipinski definition) is 2. The number of nitrogen functional groups attached to an aromatic ring is 1. The van der Waals surface area contributed by atoms with Crippen molar-refractivity contribution in [2.75, 3.05) is 5.43 Å². The maximum atomic E-state index is 5.81. The summed E-state index contributed by atoms with van der Waals surface area (Å²) in [5.41, 5.74) is 3.41. The Kier molecular flexibility index (Phi) is 4.19. The normalized spacial score (nSPS) is 11.2. The molecule has 2 aromatic heterocycles. The third kappa shape index (κ3) is 2.88. The maximum Gasteiger partial charge on any atom is 0.228 e. The minimum atomic E-state index is 0.178. The second-order valence-electron chi connectivity index (χ2n) is 5.09. The molecule has 0 unspecified atom stereocenters. The number of rotatable bonds is 5. The van der Waals surface area contributed by atoms with Crippen molar-refractivity contribution in [1.82, 2.24) is 19.7 Å². The van der Waals surface area contributed by atoms with Gasteiger partial charge in [0.1, 0.15) is 6.33 Å². The lowest BCUT2D eigenvalue weighted by Gasteiger charge is -2.14. The highest BCUT2D eigenvalue weighted by atomic mass is 16.5. The Morgan fingerprint density at radius 3 is 2.55 bits per heavy atom. The summed E-state index contributed by atoms with van der Waals surface area (Å²) in [5.74, 6) is 7.36. The van der Waals surface area contributed by atoms with Crippen LogP contribution in [0, 0.1) is 0 Å². The van der Waals surface area contributed by atoms with Crippen molar-refractivity contribution in [1.29, 1.82) is 0 Å². The van der Waals surface area contributed by atoms with Gasteiger partial charge < -0.3 is 10.2 Å². The van der Waals surface area contributed by atoms with Crippen LogP contribution in [-0.4, -0.2) is 19.7 Å². The molecule has 0 bridgehead atoms. The van der Waals surface area contributed by atoms with E-state index in [1.165, 1.54) is 6.33 Å². The maximum absolute atomic E-state index is 5.81. The van der Waals surface area contributed by atoms with E-state index in [1.807, 2.05) is 24.7 Å². The Labute approximate surface area is 118 Å². The van der Waals surface area contributed by atoms with E-state index >= 15 is 0 Å². The van der Waals surface area contributed by atoms with Crippen molar-refractivity contribution in [3.63, 3.8) is 0 Å². The summed E-state index contributed by atoms with van der Waals surface area (Å²) < 4.78 is 7.64. The summed E-state index contributed by atoms with van der Waals surface area (Å²) in [7, 11) is 0. The van der Waals surface area contributed by atoms with Crippen molar-refractivity contribution in [2.45, 2.75) is 39.7 Å². The molecule has 0 radical (unpaired) electrons. The molecule has 108 valence electrons. The Balaban J connectivity index is 2.32. The molecule has 0 atom stereocenters. The van der Waals surface area contributed by atoms with Crippen LogP contribution in [0.3, 0.4) is 0 Å². The minimum absolute atomic E-state index is 0.178. The van der Waals surface area contributed by atoms with Gasteiger partial charge in [0.15, 0.2) is 11.6 Å². The fourth-order valence-corrected chi connectivity index (χ4v) is 1.86. The molecule has 2 heterocycles. The monoisotopic (exact) mass is 276 g/mol. The molecule has 0 saturated carbocycles. The van der Waals surface area contributed by atoms with Crippen molar-refractivity contribution >= 4 is 5.82 Å². The highest BCUT2D eigenvalue weighted by Crippen LogP contribution is 2.32. The van der Waals surface area contributed by atoms with Gasteiger partial charge in [-0.2, -0.15) is 5.10 Å². The molecule has 2 aromatic rings. The van der Waals surface area contributed by atoms with E-state index in [0.717, 1.165) is 5.56 Å². The molecule has 0 amide bonds. The fraction of sp³-hybridized carbons (Fsp3) is 0.462. The smallest absolute Gasteiger partial charge is 0.228 e. The molecule has 0 spiro atoms. The molecule has 0 aromatic carbocycles. The van der Waals surface area contributed by atoms with Gasteiger partial charge in [-0.05, 0) is 19.8 Å². The van der Waals surface area contributed by atoms with Crippen LogP contribution in [0.5, 0.6) is 11.6 Å². The van der Waals surface area contributed by atoms with Gasteiger partial charge in [-0.25, -0.2) is 15.8 Å². The number of nitrogens with two attached hydrogens (primary N) is 1. The molecule has 20 heavy (non-hydrogen) atoms. The number of hydrogen-bond acceptors (Lipinski definition) is 6. The lowest BCUT2D eigenvalue weighted by Crippen LogP contribution is -2.13. The van der Waals surface area contributed by atoms with Crippen molar-refractivity contribution in [2.24, 2.45) is 5.84 Å². The average molecular weight is 276 g/mol. The Morgan fingerprint density at radius 1 is 1.25 bits per heavy atom. The first-order valence-electron chi connectivity index (χ1n) is 6.56. The van der Waals surface area contributed by atoms with Gasteiger partial charge in [0, 0.05) is 6.04 Å². The van der Waals surface area contributed by atoms with Crippen LogP contribution in [0.15, 0.2) is 18.7 Å². The van der Waals surface area contributed by atoms with Crippen LogP contribution in [0.1, 0.15) is 45.2 Å². The lowest BCUT2D eigenvalue weighted by atomic mass is 10.1. The first-order valence-corrected chi connectivity index (χ1v) is 6.56. The fourth-order valence-electron chi connectivity index (χ4n) is 1.86. The topological polar surface area (TPSA) is 90.9 Å². The summed E-state index contributed by atoms with van der Waals surface area (Å²) >= 11 is 0. The van der Waals surface area contributed by atoms with Crippen LogP contribution < -0.4 is 16.0 Å². The highest BCUT2D eigenvalue weighted by Gasteiger charge is 2.17. The van der Waals surface area contributed by atoms with Crippen LogP contribution in [0.25, 0.3) is 0 Å². The van der Waals surface area contributed by atoms with Crippen LogP contribution in [0.4, 0.5) is 5.82 Å². The predicted octanol–water partition coefficient (Wildman–Crippen LogP) is 2.46. The summed E-state index contributed by atoms with van der Waals surface area (Å²) in [4.78, 5) is 8.30. The zero-order valence-electron chi connectivity index (χ0n) is 12.2. The second kappa shape index (κ2) is 5.87. The largest absolute Gasteiger partial charge is 0.435 e.